The average molecular weight is 843 g/mol. The van der Waals surface area contributed by atoms with Gasteiger partial charge < -0.3 is 29.2 Å². The fourth-order valence-electron chi connectivity index (χ4n) is 6.04. The molecule has 326 valence electrons. The van der Waals surface area contributed by atoms with Crippen molar-refractivity contribution in [3.63, 3.8) is 0 Å². The number of hydrogen-bond acceptors (Lipinski definition) is 12. The first kappa shape index (κ1) is 46.9. The Bertz CT molecular complexity index is 2030. The second-order valence-electron chi connectivity index (χ2n) is 16.2. The Kier molecular flexibility index (Phi) is 16.1. The van der Waals surface area contributed by atoms with Crippen LogP contribution >= 0.6 is 0 Å². The number of fused-ring (bicyclic) bond motifs is 1. The lowest BCUT2D eigenvalue weighted by molar-refractivity contribution is -0.164. The number of hydrogen-bond donors (Lipinski definition) is 3. The molecule has 3 N–H and O–H groups in total. The molecule has 0 bridgehead atoms. The van der Waals surface area contributed by atoms with Gasteiger partial charge in [0.1, 0.15) is 30.5 Å². The first-order valence-electron chi connectivity index (χ1n) is 19.7. The van der Waals surface area contributed by atoms with E-state index in [0.29, 0.717) is 11.1 Å². The van der Waals surface area contributed by atoms with E-state index in [1.807, 2.05) is 6.07 Å². The summed E-state index contributed by atoms with van der Waals surface area (Å²) in [6, 6.07) is 21.5. The van der Waals surface area contributed by atoms with Gasteiger partial charge in [0.2, 0.25) is 11.9 Å². The van der Waals surface area contributed by atoms with Gasteiger partial charge in [-0.25, -0.2) is 24.1 Å². The summed E-state index contributed by atoms with van der Waals surface area (Å²) >= 11 is 0. The second-order valence-corrected chi connectivity index (χ2v) is 16.2. The van der Waals surface area contributed by atoms with E-state index < -0.39 is 84.2 Å². The number of benzene rings is 3. The number of imide groups is 1. The minimum atomic E-state index is -1.43. The number of nitrogens with one attached hydrogen (secondary N) is 3. The summed E-state index contributed by atoms with van der Waals surface area (Å²) in [5.41, 5.74) is -0.189. The lowest BCUT2D eigenvalue weighted by Crippen LogP contribution is -2.53. The van der Waals surface area contributed by atoms with Crippen molar-refractivity contribution in [2.24, 2.45) is 0 Å². The molecule has 0 aromatic heterocycles. The summed E-state index contributed by atoms with van der Waals surface area (Å²) in [4.78, 5) is 96.3. The maximum atomic E-state index is 14.1. The third-order valence-electron chi connectivity index (χ3n) is 8.98. The van der Waals surface area contributed by atoms with Gasteiger partial charge in [-0.3, -0.25) is 30.0 Å². The number of carbonyl (C=O) groups excluding carboxylic acids is 7. The van der Waals surface area contributed by atoms with Crippen LogP contribution < -0.4 is 10.6 Å². The first-order chi connectivity index (χ1) is 28.7. The van der Waals surface area contributed by atoms with Crippen LogP contribution in [0.1, 0.15) is 92.6 Å². The van der Waals surface area contributed by atoms with Crippen molar-refractivity contribution in [1.29, 1.82) is 5.41 Å². The molecule has 0 aliphatic carbocycles. The summed E-state index contributed by atoms with van der Waals surface area (Å²) in [6.45, 7) is 8.94. The molecule has 1 aliphatic heterocycles. The van der Waals surface area contributed by atoms with E-state index in [4.69, 9.17) is 24.4 Å². The van der Waals surface area contributed by atoms with Crippen LogP contribution in [-0.2, 0) is 41.8 Å². The van der Waals surface area contributed by atoms with Crippen LogP contribution in [0.25, 0.3) is 0 Å². The molecule has 0 radical (unpaired) electrons. The van der Waals surface area contributed by atoms with E-state index in [1.165, 1.54) is 19.2 Å². The third-order valence-corrected chi connectivity index (χ3v) is 8.98. The van der Waals surface area contributed by atoms with Gasteiger partial charge in [0.25, 0.3) is 11.8 Å². The topological polar surface area (TPSA) is 214 Å². The average Bonchev–Trinajstić information content (AvgIpc) is 3.43. The van der Waals surface area contributed by atoms with Gasteiger partial charge in [-0.1, -0.05) is 72.8 Å². The van der Waals surface area contributed by atoms with E-state index in [2.05, 4.69) is 10.6 Å². The normalized spacial score (nSPS) is 13.3. The zero-order valence-corrected chi connectivity index (χ0v) is 35.5. The molecule has 1 heterocycles. The third kappa shape index (κ3) is 14.5. The molecule has 1 aliphatic rings. The molecule has 17 nitrogen and oxygen atoms in total. The van der Waals surface area contributed by atoms with E-state index >= 15 is 0 Å². The Hall–Kier alpha value is -6.78. The van der Waals surface area contributed by atoms with Crippen molar-refractivity contribution >= 4 is 47.9 Å². The summed E-state index contributed by atoms with van der Waals surface area (Å²) in [6.07, 6.45) is -3.14. The molecule has 17 heteroatoms. The highest BCUT2D eigenvalue weighted by Gasteiger charge is 2.41. The number of likely N-dealkylation sites (N-methyl/N-ethyl adjacent to an activating group) is 1. The lowest BCUT2D eigenvalue weighted by Gasteiger charge is -2.33. The maximum absolute atomic E-state index is 14.1. The van der Waals surface area contributed by atoms with Crippen LogP contribution in [0, 0.1) is 5.41 Å². The van der Waals surface area contributed by atoms with Gasteiger partial charge in [-0.15, -0.1) is 0 Å². The van der Waals surface area contributed by atoms with E-state index in [9.17, 15) is 33.6 Å². The molecule has 3 aromatic carbocycles. The molecule has 6 amide bonds. The zero-order valence-electron chi connectivity index (χ0n) is 35.5. The summed E-state index contributed by atoms with van der Waals surface area (Å²) < 4.78 is 21.8. The monoisotopic (exact) mass is 842 g/mol. The number of esters is 1. The highest BCUT2D eigenvalue weighted by atomic mass is 16.6. The number of amides is 6. The van der Waals surface area contributed by atoms with Crippen LogP contribution in [-0.4, -0.2) is 106 Å². The Morgan fingerprint density at radius 1 is 0.721 bits per heavy atom. The first-order valence-corrected chi connectivity index (χ1v) is 19.7. The molecular formula is C44H54N6O11. The maximum Gasteiger partial charge on any atom is 0.416 e. The molecular weight excluding hydrogens is 789 g/mol. The van der Waals surface area contributed by atoms with Crippen molar-refractivity contribution < 1.29 is 52.5 Å². The number of ether oxygens (including phenoxy) is 4. The van der Waals surface area contributed by atoms with Crippen molar-refractivity contribution in [1.82, 2.24) is 25.3 Å². The van der Waals surface area contributed by atoms with Gasteiger partial charge in [0, 0.05) is 26.1 Å². The van der Waals surface area contributed by atoms with Crippen molar-refractivity contribution in [2.75, 3.05) is 20.1 Å². The molecule has 1 unspecified atom stereocenters. The molecule has 0 spiro atoms. The number of alkyl carbamates (subject to hydrolysis) is 2. The minimum Gasteiger partial charge on any atom is -0.458 e. The van der Waals surface area contributed by atoms with Crippen LogP contribution in [0.4, 0.5) is 14.4 Å². The summed E-state index contributed by atoms with van der Waals surface area (Å²) in [5, 5.41) is 13.6. The van der Waals surface area contributed by atoms with Gasteiger partial charge in [-0.05, 0) is 77.6 Å². The molecule has 2 atom stereocenters. The Morgan fingerprint density at radius 3 is 1.75 bits per heavy atom. The molecule has 0 fully saturated rings. The quantitative estimate of drug-likeness (QED) is 0.0529. The standard InChI is InChI=1S/C44H54N6O11/c1-43(2,3)60-38(54)34(26-50-36(52)32-22-14-15-23-33(32)37(50)53)48(7)35(51)25-31(46-41(56)61-44(4,5)6)21-16-24-49(42(57)59-28-30-19-12-9-13-20-30)39(45)47-40(55)58-27-29-17-10-8-11-18-29/h8-15,17-20,22-23,31,34H,16,21,24-28H2,1-7H3,(H,46,56)(H2,45,47,55)/t31-,34?/m0/s1. The highest BCUT2D eigenvalue weighted by Crippen LogP contribution is 2.24. The van der Waals surface area contributed by atoms with Crippen molar-refractivity contribution in [3.8, 4) is 0 Å². The Labute approximate surface area is 355 Å². The number of carbonyl (C=O) groups is 7. The zero-order chi connectivity index (χ0) is 44.9. The largest absolute Gasteiger partial charge is 0.458 e. The lowest BCUT2D eigenvalue weighted by atomic mass is 10.1. The van der Waals surface area contributed by atoms with Crippen molar-refractivity contribution in [3.05, 3.63) is 107 Å². The Balaban J connectivity index is 1.52. The van der Waals surface area contributed by atoms with Crippen LogP contribution in [0.2, 0.25) is 0 Å². The predicted octanol–water partition coefficient (Wildman–Crippen LogP) is 6.01. The van der Waals surface area contributed by atoms with Crippen LogP contribution in [0.5, 0.6) is 0 Å². The summed E-state index contributed by atoms with van der Waals surface area (Å²) in [5.74, 6) is -3.43. The second kappa shape index (κ2) is 21.0. The van der Waals surface area contributed by atoms with Gasteiger partial charge in [-0.2, -0.15) is 0 Å². The van der Waals surface area contributed by atoms with Gasteiger partial charge in [0.05, 0.1) is 17.7 Å². The number of rotatable bonds is 15. The molecule has 3 aromatic rings. The van der Waals surface area contributed by atoms with Crippen LogP contribution in [0.3, 0.4) is 0 Å². The minimum absolute atomic E-state index is 0.0164. The number of guanidine groups is 1. The fraction of sp³-hybridized carbons (Fsp3) is 0.409. The predicted molar refractivity (Wildman–Crippen MR) is 222 cm³/mol. The molecule has 4 rings (SSSR count). The molecule has 0 saturated carbocycles. The number of nitrogens with zero attached hydrogens (tertiary/aromatic N) is 3. The summed E-state index contributed by atoms with van der Waals surface area (Å²) in [7, 11) is 1.33. The van der Waals surface area contributed by atoms with Crippen molar-refractivity contribution in [2.45, 2.75) is 97.3 Å². The van der Waals surface area contributed by atoms with E-state index in [1.54, 1.807) is 108 Å². The van der Waals surface area contributed by atoms with E-state index in [-0.39, 0.29) is 43.7 Å². The Morgan fingerprint density at radius 2 is 1.23 bits per heavy atom. The SMILES string of the molecule is CN(C(=O)C[C@H](CCCN(C(=N)NC(=O)OCc1ccccc1)C(=O)OCc1ccccc1)NC(=O)OC(C)(C)C)C(CN1C(=O)c2ccccc2C1=O)C(=O)OC(C)(C)C. The smallest absolute Gasteiger partial charge is 0.416 e. The van der Waals surface area contributed by atoms with Gasteiger partial charge >= 0.3 is 24.2 Å². The van der Waals surface area contributed by atoms with Gasteiger partial charge in [0.15, 0.2) is 0 Å². The molecule has 0 saturated heterocycles. The van der Waals surface area contributed by atoms with Crippen LogP contribution in [0.15, 0.2) is 84.9 Å². The molecule has 61 heavy (non-hydrogen) atoms. The fourth-order valence-corrected chi connectivity index (χ4v) is 6.04. The highest BCUT2D eigenvalue weighted by molar-refractivity contribution is 6.21. The van der Waals surface area contributed by atoms with E-state index in [0.717, 1.165) is 14.7 Å².